The summed E-state index contributed by atoms with van der Waals surface area (Å²) in [6.07, 6.45) is 2.32. The van der Waals surface area contributed by atoms with Gasteiger partial charge in [-0.1, -0.05) is 53.5 Å². The summed E-state index contributed by atoms with van der Waals surface area (Å²) in [7, 11) is 1.59. The minimum absolute atomic E-state index is 0.454. The van der Waals surface area contributed by atoms with Gasteiger partial charge in [0.05, 0.1) is 28.4 Å². The Balaban J connectivity index is 1.23. The molecule has 2 N–H and O–H groups in total. The molecule has 1 saturated heterocycles. The number of methoxy groups -OCH3 is 1. The topological polar surface area (TPSA) is 66.7 Å². The van der Waals surface area contributed by atoms with Crippen LogP contribution in [0.3, 0.4) is 0 Å². The number of nitrogens with one attached hydrogen (secondary N) is 2. The number of ether oxygens (including phenoxy) is 1. The molecule has 1 aliphatic heterocycles. The van der Waals surface area contributed by atoms with Gasteiger partial charge in [0.25, 0.3) is 0 Å². The fourth-order valence-corrected chi connectivity index (χ4v) is 5.82. The van der Waals surface area contributed by atoms with E-state index in [0.717, 1.165) is 68.3 Å². The smallest absolute Gasteiger partial charge is 0.165 e. The van der Waals surface area contributed by atoms with Crippen molar-refractivity contribution in [3.8, 4) is 16.9 Å². The van der Waals surface area contributed by atoms with Crippen molar-refractivity contribution < 1.29 is 4.74 Å². The van der Waals surface area contributed by atoms with E-state index >= 15 is 0 Å². The predicted molar refractivity (Wildman–Crippen MR) is 156 cm³/mol. The van der Waals surface area contributed by atoms with E-state index in [9.17, 15) is 0 Å². The molecule has 0 saturated carbocycles. The molecule has 0 bridgehead atoms. The lowest BCUT2D eigenvalue weighted by Gasteiger charge is -2.32. The molecular weight excluding hydrogens is 519 g/mol. The number of likely N-dealkylation sites (tertiary alicyclic amines) is 1. The number of hydrogen-bond acceptors (Lipinski definition) is 6. The molecule has 1 fully saturated rings. The highest BCUT2D eigenvalue weighted by molar-refractivity contribution is 6.40. The van der Waals surface area contributed by atoms with Gasteiger partial charge in [0, 0.05) is 43.0 Å². The van der Waals surface area contributed by atoms with E-state index in [1.54, 1.807) is 19.2 Å². The van der Waals surface area contributed by atoms with E-state index in [4.69, 9.17) is 38.0 Å². The largest absolute Gasteiger partial charge is 0.495 e. The molecule has 0 atom stereocenters. The quantitative estimate of drug-likeness (QED) is 0.248. The first-order valence-electron chi connectivity index (χ1n) is 13.1. The van der Waals surface area contributed by atoms with Crippen LogP contribution in [0.2, 0.25) is 10.0 Å². The lowest BCUT2D eigenvalue weighted by Crippen LogP contribution is -2.43. The highest BCUT2D eigenvalue weighted by Gasteiger charge is 2.23. The van der Waals surface area contributed by atoms with Crippen molar-refractivity contribution in [2.45, 2.75) is 39.3 Å². The first kappa shape index (κ1) is 26.8. The molecule has 0 amide bonds. The van der Waals surface area contributed by atoms with Crippen molar-refractivity contribution in [1.82, 2.24) is 24.8 Å². The lowest BCUT2D eigenvalue weighted by molar-refractivity contribution is 0.191. The zero-order valence-corrected chi connectivity index (χ0v) is 23.6. The Labute approximate surface area is 234 Å². The second-order valence-electron chi connectivity index (χ2n) is 9.83. The van der Waals surface area contributed by atoms with E-state index in [2.05, 4.69) is 45.9 Å². The van der Waals surface area contributed by atoms with Gasteiger partial charge in [-0.3, -0.25) is 4.90 Å². The van der Waals surface area contributed by atoms with Crippen LogP contribution < -0.4 is 15.4 Å². The lowest BCUT2D eigenvalue weighted by atomic mass is 10.0. The van der Waals surface area contributed by atoms with Crippen molar-refractivity contribution in [2.75, 3.05) is 38.6 Å². The van der Waals surface area contributed by atoms with Gasteiger partial charge in [-0.15, -0.1) is 0 Å². The van der Waals surface area contributed by atoms with E-state index in [1.807, 2.05) is 24.4 Å². The number of aryl methyl sites for hydroxylation is 2. The maximum Gasteiger partial charge on any atom is 0.165 e. The molecule has 4 aromatic rings. The van der Waals surface area contributed by atoms with E-state index < -0.39 is 0 Å². The van der Waals surface area contributed by atoms with Crippen molar-refractivity contribution in [2.24, 2.45) is 0 Å². The van der Waals surface area contributed by atoms with E-state index in [-0.39, 0.29) is 0 Å². The number of piperidine rings is 1. The highest BCUT2D eigenvalue weighted by atomic mass is 35.5. The Morgan fingerprint density at radius 2 is 1.76 bits per heavy atom. The third-order valence-corrected chi connectivity index (χ3v) is 7.81. The van der Waals surface area contributed by atoms with Crippen molar-refractivity contribution in [3.63, 3.8) is 0 Å². The number of rotatable bonds is 9. The Morgan fingerprint density at radius 1 is 1.00 bits per heavy atom. The van der Waals surface area contributed by atoms with Gasteiger partial charge in [-0.2, -0.15) is 9.61 Å². The van der Waals surface area contributed by atoms with Crippen molar-refractivity contribution in [3.05, 3.63) is 75.5 Å². The van der Waals surface area contributed by atoms with E-state index in [1.165, 1.54) is 5.56 Å². The molecule has 1 aliphatic rings. The molecule has 200 valence electrons. The standard InChI is InChI=1S/C29H34Cl2N6O/c1-19-17-25(33-14-13-32-22-11-15-36(16-12-22)18-21-7-5-4-6-8-21)37-29(34-19)26(20(2)35-37)27-23(30)9-10-24(38-3)28(27)31/h4-10,17,22,32-33H,11-16,18H2,1-3H3. The average Bonchev–Trinajstić information content (AvgIpc) is 3.24. The van der Waals surface area contributed by atoms with Crippen LogP contribution in [0, 0.1) is 13.8 Å². The number of benzene rings is 2. The van der Waals surface area contributed by atoms with Crippen LogP contribution in [0.25, 0.3) is 16.8 Å². The first-order valence-corrected chi connectivity index (χ1v) is 13.8. The van der Waals surface area contributed by atoms with Crippen LogP contribution in [0.5, 0.6) is 5.75 Å². The van der Waals surface area contributed by atoms with Gasteiger partial charge < -0.3 is 15.4 Å². The summed E-state index contributed by atoms with van der Waals surface area (Å²) >= 11 is 13.3. The monoisotopic (exact) mass is 552 g/mol. The van der Waals surface area contributed by atoms with Crippen LogP contribution >= 0.6 is 23.2 Å². The summed E-state index contributed by atoms with van der Waals surface area (Å²) in [4.78, 5) is 7.33. The van der Waals surface area contributed by atoms with Crippen molar-refractivity contribution in [1.29, 1.82) is 0 Å². The fraction of sp³-hybridized carbons (Fsp3) is 0.379. The van der Waals surface area contributed by atoms with Crippen LogP contribution in [-0.4, -0.2) is 58.8 Å². The number of halogens is 2. The number of aromatic nitrogens is 3. The molecule has 0 radical (unpaired) electrons. The van der Waals surface area contributed by atoms with Gasteiger partial charge >= 0.3 is 0 Å². The van der Waals surface area contributed by atoms with Gasteiger partial charge in [-0.25, -0.2) is 4.98 Å². The molecule has 3 heterocycles. The zero-order chi connectivity index (χ0) is 26.6. The maximum absolute atomic E-state index is 6.68. The maximum atomic E-state index is 6.68. The predicted octanol–water partition coefficient (Wildman–Crippen LogP) is 5.99. The highest BCUT2D eigenvalue weighted by Crippen LogP contribution is 2.43. The van der Waals surface area contributed by atoms with Gasteiger partial charge in [-0.05, 0) is 57.5 Å². The van der Waals surface area contributed by atoms with E-state index in [0.29, 0.717) is 33.0 Å². The third-order valence-electron chi connectivity index (χ3n) is 7.12. The molecule has 0 spiro atoms. The molecule has 2 aromatic carbocycles. The van der Waals surface area contributed by atoms with Gasteiger partial charge in [0.15, 0.2) is 5.65 Å². The second-order valence-corrected chi connectivity index (χ2v) is 10.6. The summed E-state index contributed by atoms with van der Waals surface area (Å²) in [5.74, 6) is 1.45. The molecule has 5 rings (SSSR count). The normalized spacial score (nSPS) is 14.8. The Morgan fingerprint density at radius 3 is 2.50 bits per heavy atom. The summed E-state index contributed by atoms with van der Waals surface area (Å²) < 4.78 is 7.26. The summed E-state index contributed by atoms with van der Waals surface area (Å²) in [6, 6.07) is 16.8. The van der Waals surface area contributed by atoms with Crippen LogP contribution in [-0.2, 0) is 6.54 Å². The van der Waals surface area contributed by atoms with Gasteiger partial charge in [0.1, 0.15) is 11.6 Å². The molecular formula is C29H34Cl2N6O. The zero-order valence-electron chi connectivity index (χ0n) is 22.1. The molecule has 38 heavy (non-hydrogen) atoms. The first-order chi connectivity index (χ1) is 18.4. The molecule has 7 nitrogen and oxygen atoms in total. The number of hydrogen-bond donors (Lipinski definition) is 2. The molecule has 2 aromatic heterocycles. The van der Waals surface area contributed by atoms with Crippen LogP contribution in [0.4, 0.5) is 5.82 Å². The molecule has 0 unspecified atom stereocenters. The molecule has 0 aliphatic carbocycles. The number of anilines is 1. The Kier molecular flexibility index (Phi) is 8.39. The summed E-state index contributed by atoms with van der Waals surface area (Å²) in [6.45, 7) is 8.84. The second kappa shape index (κ2) is 11.9. The number of fused-ring (bicyclic) bond motifs is 1. The summed E-state index contributed by atoms with van der Waals surface area (Å²) in [5.41, 5.74) is 5.27. The Bertz CT molecular complexity index is 1400. The van der Waals surface area contributed by atoms with Crippen LogP contribution in [0.1, 0.15) is 29.8 Å². The SMILES string of the molecule is COc1ccc(Cl)c(-c2c(C)nn3c(NCCNC4CCN(Cc5ccccc5)CC4)cc(C)nc23)c1Cl. The minimum Gasteiger partial charge on any atom is -0.495 e. The average molecular weight is 554 g/mol. The van der Waals surface area contributed by atoms with Crippen LogP contribution in [0.15, 0.2) is 48.5 Å². The third kappa shape index (κ3) is 5.76. The van der Waals surface area contributed by atoms with Gasteiger partial charge in [0.2, 0.25) is 0 Å². The minimum atomic E-state index is 0.454. The van der Waals surface area contributed by atoms with Crippen molar-refractivity contribution >= 4 is 34.7 Å². The molecule has 9 heteroatoms. The Hall–Kier alpha value is -2.84. The number of nitrogens with zero attached hydrogens (tertiary/aromatic N) is 4. The summed E-state index contributed by atoms with van der Waals surface area (Å²) in [5, 5.41) is 13.0. The fourth-order valence-electron chi connectivity index (χ4n) is 5.19.